The molecule has 9 heteroatoms. The van der Waals surface area contributed by atoms with Crippen LogP contribution in [0.3, 0.4) is 0 Å². The normalized spacial score (nSPS) is 22.9. The average molecular weight is 443 g/mol. The van der Waals surface area contributed by atoms with Crippen molar-refractivity contribution in [1.29, 1.82) is 5.26 Å². The number of pyridine rings is 1. The second-order valence-electron chi connectivity index (χ2n) is 7.97. The van der Waals surface area contributed by atoms with Crippen molar-refractivity contribution >= 4 is 16.6 Å². The first-order valence-electron chi connectivity index (χ1n) is 10.0. The van der Waals surface area contributed by atoms with Crippen molar-refractivity contribution < 1.29 is 23.4 Å². The number of nitrogens with one attached hydrogen (secondary N) is 2. The summed E-state index contributed by atoms with van der Waals surface area (Å²) in [5.41, 5.74) is -2.54. The van der Waals surface area contributed by atoms with Gasteiger partial charge in [-0.2, -0.15) is 18.4 Å². The minimum Gasteiger partial charge on any atom is -0.506 e. The third-order valence-corrected chi connectivity index (χ3v) is 6.17. The van der Waals surface area contributed by atoms with Crippen LogP contribution in [0.25, 0.3) is 10.9 Å². The van der Waals surface area contributed by atoms with E-state index in [0.717, 1.165) is 0 Å². The first kappa shape index (κ1) is 21.7. The van der Waals surface area contributed by atoms with Gasteiger partial charge in [0.1, 0.15) is 11.8 Å². The lowest BCUT2D eigenvalue weighted by atomic mass is 9.68. The molecule has 32 heavy (non-hydrogen) atoms. The van der Waals surface area contributed by atoms with Gasteiger partial charge in [0.25, 0.3) is 0 Å². The number of H-pyrrole nitrogens is 1. The molecule has 0 radical (unpaired) electrons. The molecule has 0 spiro atoms. The van der Waals surface area contributed by atoms with Crippen molar-refractivity contribution in [2.45, 2.75) is 43.5 Å². The maximum absolute atomic E-state index is 14.2. The molecule has 1 aromatic heterocycles. The summed E-state index contributed by atoms with van der Waals surface area (Å²) >= 11 is 0. The van der Waals surface area contributed by atoms with Gasteiger partial charge >= 0.3 is 6.18 Å². The Morgan fingerprint density at radius 3 is 2.66 bits per heavy atom. The number of nitriles is 1. The van der Waals surface area contributed by atoms with Crippen molar-refractivity contribution in [2.75, 3.05) is 5.32 Å². The number of alkyl halides is 3. The van der Waals surface area contributed by atoms with Gasteiger partial charge in [-0.05, 0) is 48.6 Å². The van der Waals surface area contributed by atoms with E-state index in [1.54, 1.807) is 25.1 Å². The number of hydrogen-bond donors (Lipinski definition) is 4. The van der Waals surface area contributed by atoms with Crippen molar-refractivity contribution in [2.24, 2.45) is 0 Å². The predicted octanol–water partition coefficient (Wildman–Crippen LogP) is 4.45. The lowest BCUT2D eigenvalue weighted by Crippen LogP contribution is -2.55. The zero-order valence-corrected chi connectivity index (χ0v) is 17.0. The van der Waals surface area contributed by atoms with E-state index in [9.17, 15) is 33.4 Å². The smallest absolute Gasteiger partial charge is 0.419 e. The molecule has 1 aliphatic rings. The van der Waals surface area contributed by atoms with Gasteiger partial charge in [-0.3, -0.25) is 4.79 Å². The molecule has 3 atom stereocenters. The topological polar surface area (TPSA) is 109 Å². The number of aromatic hydroxyl groups is 1. The molecule has 0 fully saturated rings. The van der Waals surface area contributed by atoms with Crippen LogP contribution in [0.1, 0.15) is 48.4 Å². The molecule has 1 heterocycles. The third kappa shape index (κ3) is 3.28. The molecular formula is C23H20F3N3O3. The van der Waals surface area contributed by atoms with Gasteiger partial charge in [0.2, 0.25) is 5.56 Å². The van der Waals surface area contributed by atoms with Crippen LogP contribution in [-0.4, -0.2) is 27.0 Å². The molecular weight excluding hydrogens is 423 g/mol. The van der Waals surface area contributed by atoms with E-state index in [1.807, 2.05) is 6.07 Å². The largest absolute Gasteiger partial charge is 0.506 e. The number of anilines is 1. The van der Waals surface area contributed by atoms with E-state index in [-0.39, 0.29) is 40.1 Å². The Kier molecular flexibility index (Phi) is 5.13. The Balaban J connectivity index is 1.95. The SMILES string of the molecule is CCC1CC(O)(C(F)(F)F)C(Nc2cccc3[nH]c(=O)ccc23)c2ccc(C#N)c(O)c21. The fraction of sp³-hybridized carbons (Fsp3) is 0.304. The number of fused-ring (bicyclic) bond motifs is 2. The lowest BCUT2D eigenvalue weighted by molar-refractivity contribution is -0.272. The zero-order valence-electron chi connectivity index (χ0n) is 17.0. The van der Waals surface area contributed by atoms with Crippen molar-refractivity contribution in [1.82, 2.24) is 4.98 Å². The highest BCUT2D eigenvalue weighted by Crippen LogP contribution is 2.55. The Bertz CT molecular complexity index is 1300. The first-order chi connectivity index (χ1) is 15.1. The summed E-state index contributed by atoms with van der Waals surface area (Å²) in [5.74, 6) is -1.16. The fourth-order valence-electron chi connectivity index (χ4n) is 4.54. The molecule has 3 aromatic rings. The highest BCUT2D eigenvalue weighted by atomic mass is 19.4. The summed E-state index contributed by atoms with van der Waals surface area (Å²) < 4.78 is 42.7. The van der Waals surface area contributed by atoms with Crippen molar-refractivity contribution in [3.63, 3.8) is 0 Å². The van der Waals surface area contributed by atoms with Crippen LogP contribution >= 0.6 is 0 Å². The number of hydrogen-bond acceptors (Lipinski definition) is 5. The molecule has 3 unspecified atom stereocenters. The Hall–Kier alpha value is -3.51. The van der Waals surface area contributed by atoms with Gasteiger partial charge in [-0.25, -0.2) is 0 Å². The molecule has 0 amide bonds. The number of phenolic OH excluding ortho intramolecular Hbond substituents is 1. The minimum atomic E-state index is -4.97. The Labute approximate surface area is 180 Å². The van der Waals surface area contributed by atoms with E-state index < -0.39 is 30.2 Å². The molecule has 1 aliphatic carbocycles. The van der Waals surface area contributed by atoms with Gasteiger partial charge in [0.15, 0.2) is 5.60 Å². The predicted molar refractivity (Wildman–Crippen MR) is 112 cm³/mol. The van der Waals surface area contributed by atoms with Gasteiger partial charge in [-0.1, -0.05) is 19.1 Å². The maximum Gasteiger partial charge on any atom is 0.419 e. The summed E-state index contributed by atoms with van der Waals surface area (Å²) in [6.45, 7) is 1.67. The van der Waals surface area contributed by atoms with Crippen LogP contribution < -0.4 is 10.9 Å². The number of aliphatic hydroxyl groups is 1. The van der Waals surface area contributed by atoms with E-state index in [0.29, 0.717) is 10.9 Å². The van der Waals surface area contributed by atoms with Crippen LogP contribution in [0.5, 0.6) is 5.75 Å². The molecule has 0 aliphatic heterocycles. The second kappa shape index (κ2) is 7.57. The number of benzene rings is 2. The molecule has 4 rings (SSSR count). The highest BCUT2D eigenvalue weighted by molar-refractivity contribution is 5.91. The van der Waals surface area contributed by atoms with Crippen LogP contribution in [0, 0.1) is 11.3 Å². The van der Waals surface area contributed by atoms with Crippen molar-refractivity contribution in [3.8, 4) is 11.8 Å². The van der Waals surface area contributed by atoms with Crippen LogP contribution in [-0.2, 0) is 0 Å². The standard InChI is InChI=1S/C23H20F3N3O3/c1-2-12-10-22(32,23(24,25)26)21(15-7-6-13(11-27)20(31)19(12)15)29-17-5-3-4-16-14(17)8-9-18(30)28-16/h3-9,12,21,29,31-32H,2,10H2,1H3,(H,28,30). The summed E-state index contributed by atoms with van der Waals surface area (Å²) in [6, 6.07) is 10.3. The van der Waals surface area contributed by atoms with Crippen molar-refractivity contribution in [3.05, 3.63) is 69.5 Å². The van der Waals surface area contributed by atoms with Gasteiger partial charge in [0, 0.05) is 22.7 Å². The number of nitrogens with zero attached hydrogens (tertiary/aromatic N) is 1. The minimum absolute atomic E-state index is 0.0406. The van der Waals surface area contributed by atoms with Crippen LogP contribution in [0.15, 0.2) is 47.3 Å². The average Bonchev–Trinajstić information content (AvgIpc) is 2.74. The van der Waals surface area contributed by atoms with Gasteiger partial charge in [-0.15, -0.1) is 0 Å². The summed E-state index contributed by atoms with van der Waals surface area (Å²) in [6.07, 6.45) is -5.42. The molecule has 0 bridgehead atoms. The zero-order chi connectivity index (χ0) is 23.3. The number of phenols is 1. The van der Waals surface area contributed by atoms with Gasteiger partial charge in [0.05, 0.1) is 17.1 Å². The number of aromatic nitrogens is 1. The molecule has 166 valence electrons. The molecule has 0 saturated heterocycles. The first-order valence-corrected chi connectivity index (χ1v) is 10.0. The van der Waals surface area contributed by atoms with Crippen LogP contribution in [0.2, 0.25) is 0 Å². The second-order valence-corrected chi connectivity index (χ2v) is 7.97. The van der Waals surface area contributed by atoms with Crippen LogP contribution in [0.4, 0.5) is 18.9 Å². The van der Waals surface area contributed by atoms with E-state index >= 15 is 0 Å². The third-order valence-electron chi connectivity index (χ3n) is 6.17. The summed E-state index contributed by atoms with van der Waals surface area (Å²) in [4.78, 5) is 14.3. The molecule has 0 saturated carbocycles. The summed E-state index contributed by atoms with van der Waals surface area (Å²) in [7, 11) is 0. The highest BCUT2D eigenvalue weighted by Gasteiger charge is 2.62. The quantitative estimate of drug-likeness (QED) is 0.478. The van der Waals surface area contributed by atoms with E-state index in [1.165, 1.54) is 24.3 Å². The number of rotatable bonds is 3. The Morgan fingerprint density at radius 1 is 1.25 bits per heavy atom. The Morgan fingerprint density at radius 2 is 2.00 bits per heavy atom. The molecule has 2 aromatic carbocycles. The monoisotopic (exact) mass is 443 g/mol. The number of halogens is 3. The molecule has 6 nitrogen and oxygen atoms in total. The van der Waals surface area contributed by atoms with E-state index in [4.69, 9.17) is 0 Å². The summed E-state index contributed by atoms with van der Waals surface area (Å²) in [5, 5.41) is 34.2. The number of aromatic amines is 1. The van der Waals surface area contributed by atoms with Gasteiger partial charge < -0.3 is 20.5 Å². The van der Waals surface area contributed by atoms with E-state index in [2.05, 4.69) is 10.3 Å². The maximum atomic E-state index is 14.2. The lowest BCUT2D eigenvalue weighted by Gasteiger charge is -2.46. The fourth-order valence-corrected chi connectivity index (χ4v) is 4.54. The molecule has 4 N–H and O–H groups in total.